The van der Waals surface area contributed by atoms with Gasteiger partial charge in [0.1, 0.15) is 6.61 Å². The van der Waals surface area contributed by atoms with E-state index in [-0.39, 0.29) is 36.4 Å². The second-order valence-electron chi connectivity index (χ2n) is 11.4. The van der Waals surface area contributed by atoms with Crippen molar-refractivity contribution in [3.8, 4) is 0 Å². The molecule has 1 unspecified atom stereocenters. The maximum Gasteiger partial charge on any atom is 0.303 e. The number of amides is 1. The number of carbonyl (C=O) groups excluding carboxylic acids is 1. The SMILES string of the molecule is O=C(O)CCc1ccccc1C[C@@H]1[C@H](C2=NC(C(=O)NCCCCC3CCCCC3)CO2)[C@H]2CC[C@@H]1O2. The zero-order valence-electron chi connectivity index (χ0n) is 21.9. The van der Waals surface area contributed by atoms with Gasteiger partial charge in [-0.25, -0.2) is 4.99 Å². The summed E-state index contributed by atoms with van der Waals surface area (Å²) >= 11 is 0. The maximum absolute atomic E-state index is 12.8. The summed E-state index contributed by atoms with van der Waals surface area (Å²) in [7, 11) is 0. The van der Waals surface area contributed by atoms with Crippen molar-refractivity contribution in [1.29, 1.82) is 0 Å². The fraction of sp³-hybridized carbons (Fsp3) is 0.700. The van der Waals surface area contributed by atoms with Gasteiger partial charge in [-0.3, -0.25) is 9.59 Å². The highest BCUT2D eigenvalue weighted by Crippen LogP contribution is 2.46. The van der Waals surface area contributed by atoms with Crippen molar-refractivity contribution in [3.63, 3.8) is 0 Å². The summed E-state index contributed by atoms with van der Waals surface area (Å²) < 4.78 is 12.3. The summed E-state index contributed by atoms with van der Waals surface area (Å²) in [6.07, 6.45) is 14.1. The van der Waals surface area contributed by atoms with Crippen LogP contribution in [0, 0.1) is 17.8 Å². The zero-order valence-corrected chi connectivity index (χ0v) is 21.9. The van der Waals surface area contributed by atoms with E-state index in [0.717, 1.165) is 37.2 Å². The predicted molar refractivity (Wildman–Crippen MR) is 142 cm³/mol. The Balaban J connectivity index is 1.15. The highest BCUT2D eigenvalue weighted by molar-refractivity contribution is 5.90. The number of aliphatic imine (C=N–C) groups is 1. The summed E-state index contributed by atoms with van der Waals surface area (Å²) in [5, 5.41) is 12.2. The van der Waals surface area contributed by atoms with E-state index in [1.165, 1.54) is 50.5 Å². The van der Waals surface area contributed by atoms with E-state index in [4.69, 9.17) is 19.6 Å². The molecule has 1 aromatic carbocycles. The lowest BCUT2D eigenvalue weighted by Gasteiger charge is -2.28. The van der Waals surface area contributed by atoms with Crippen LogP contribution in [0.25, 0.3) is 0 Å². The monoisotopic (exact) mass is 510 g/mol. The Bertz CT molecular complexity index is 972. The van der Waals surface area contributed by atoms with Crippen LogP contribution in [0.15, 0.2) is 29.3 Å². The van der Waals surface area contributed by atoms with E-state index in [2.05, 4.69) is 11.4 Å². The Morgan fingerprint density at radius 2 is 1.78 bits per heavy atom. The van der Waals surface area contributed by atoms with Crippen molar-refractivity contribution in [1.82, 2.24) is 5.32 Å². The number of nitrogens with zero attached hydrogens (tertiary/aromatic N) is 1. The largest absolute Gasteiger partial charge is 0.481 e. The van der Waals surface area contributed by atoms with Gasteiger partial charge in [0.2, 0.25) is 5.91 Å². The Hall–Kier alpha value is -2.41. The van der Waals surface area contributed by atoms with Gasteiger partial charge in [-0.15, -0.1) is 0 Å². The molecule has 0 aromatic heterocycles. The Labute approximate surface area is 220 Å². The first-order chi connectivity index (χ1) is 18.1. The first-order valence-electron chi connectivity index (χ1n) is 14.5. The van der Waals surface area contributed by atoms with Gasteiger partial charge in [0.15, 0.2) is 11.9 Å². The number of aliphatic carboxylic acids is 1. The fourth-order valence-corrected chi connectivity index (χ4v) is 6.94. The van der Waals surface area contributed by atoms with Crippen LogP contribution in [-0.4, -0.2) is 54.3 Å². The third-order valence-electron chi connectivity index (χ3n) is 8.93. The molecule has 2 bridgehead atoms. The van der Waals surface area contributed by atoms with Gasteiger partial charge < -0.3 is 19.9 Å². The van der Waals surface area contributed by atoms with Crippen LogP contribution in [0.2, 0.25) is 0 Å². The molecule has 1 saturated carbocycles. The van der Waals surface area contributed by atoms with Gasteiger partial charge in [0.05, 0.1) is 18.1 Å². The third-order valence-corrected chi connectivity index (χ3v) is 8.93. The number of carbonyl (C=O) groups is 2. The molecule has 1 aliphatic carbocycles. The minimum absolute atomic E-state index is 0.0349. The lowest BCUT2D eigenvalue weighted by atomic mass is 9.75. The molecule has 4 aliphatic rings. The molecule has 1 aromatic rings. The normalized spacial score (nSPS) is 29.2. The first kappa shape index (κ1) is 26.2. The van der Waals surface area contributed by atoms with E-state index >= 15 is 0 Å². The van der Waals surface area contributed by atoms with Gasteiger partial charge in [-0.2, -0.15) is 0 Å². The molecule has 202 valence electrons. The second kappa shape index (κ2) is 12.4. The number of aryl methyl sites for hydroxylation is 1. The van der Waals surface area contributed by atoms with E-state index in [1.807, 2.05) is 18.2 Å². The lowest BCUT2D eigenvalue weighted by molar-refractivity contribution is -0.137. The summed E-state index contributed by atoms with van der Waals surface area (Å²) in [6, 6.07) is 7.64. The van der Waals surface area contributed by atoms with Gasteiger partial charge in [-0.05, 0) is 49.1 Å². The van der Waals surface area contributed by atoms with Crippen molar-refractivity contribution >= 4 is 17.8 Å². The molecule has 5 atom stereocenters. The molecule has 0 spiro atoms. The number of ether oxygens (including phenoxy) is 2. The highest BCUT2D eigenvalue weighted by Gasteiger charge is 2.53. The van der Waals surface area contributed by atoms with Gasteiger partial charge in [-0.1, -0.05) is 69.2 Å². The van der Waals surface area contributed by atoms with Crippen LogP contribution in [0.3, 0.4) is 0 Å². The molecule has 1 amide bonds. The number of fused-ring (bicyclic) bond motifs is 2. The molecule has 7 heteroatoms. The number of rotatable bonds is 12. The van der Waals surface area contributed by atoms with Crippen LogP contribution in [0.4, 0.5) is 0 Å². The van der Waals surface area contributed by atoms with E-state index in [0.29, 0.717) is 25.5 Å². The number of nitrogens with one attached hydrogen (secondary N) is 1. The summed E-state index contributed by atoms with van der Waals surface area (Å²) in [5.41, 5.74) is 2.26. The third kappa shape index (κ3) is 6.54. The summed E-state index contributed by atoms with van der Waals surface area (Å²) in [5.74, 6) is 1.04. The minimum atomic E-state index is -0.779. The molecule has 2 saturated heterocycles. The molecule has 7 nitrogen and oxygen atoms in total. The quantitative estimate of drug-likeness (QED) is 0.397. The smallest absolute Gasteiger partial charge is 0.303 e. The number of carboxylic acid groups (broad SMARTS) is 1. The maximum atomic E-state index is 12.8. The standard InChI is InChI=1S/C30H42N2O5/c33-27(34)16-13-21-11-4-5-12-22(21)18-23-25-14-15-26(37-25)28(23)30-32-24(19-36-30)29(35)31-17-7-6-10-20-8-2-1-3-9-20/h4-5,11-12,20,23-26,28H,1-3,6-10,13-19H2,(H,31,35)(H,33,34)/t23-,24?,25-,26+,28-/m0/s1. The molecule has 0 radical (unpaired) electrons. The van der Waals surface area contributed by atoms with Crippen molar-refractivity contribution < 1.29 is 24.2 Å². The van der Waals surface area contributed by atoms with Gasteiger partial charge in [0.25, 0.3) is 0 Å². The number of unbranched alkanes of at least 4 members (excludes halogenated alkanes) is 1. The van der Waals surface area contributed by atoms with Crippen LogP contribution >= 0.6 is 0 Å². The highest BCUT2D eigenvalue weighted by atomic mass is 16.5. The first-order valence-corrected chi connectivity index (χ1v) is 14.5. The molecule has 2 N–H and O–H groups in total. The Kier molecular flexibility index (Phi) is 8.80. The Morgan fingerprint density at radius 1 is 1.00 bits per heavy atom. The van der Waals surface area contributed by atoms with Crippen molar-refractivity contribution in [2.24, 2.45) is 22.7 Å². The van der Waals surface area contributed by atoms with Crippen molar-refractivity contribution in [2.45, 2.75) is 102 Å². The molecule has 3 fully saturated rings. The number of hydrogen-bond donors (Lipinski definition) is 2. The minimum Gasteiger partial charge on any atom is -0.481 e. The van der Waals surface area contributed by atoms with Crippen molar-refractivity contribution in [2.75, 3.05) is 13.2 Å². The second-order valence-corrected chi connectivity index (χ2v) is 11.4. The average molecular weight is 511 g/mol. The van der Waals surface area contributed by atoms with Gasteiger partial charge >= 0.3 is 5.97 Å². The van der Waals surface area contributed by atoms with E-state index in [9.17, 15) is 9.59 Å². The van der Waals surface area contributed by atoms with E-state index < -0.39 is 12.0 Å². The van der Waals surface area contributed by atoms with E-state index in [1.54, 1.807) is 0 Å². The van der Waals surface area contributed by atoms with Crippen LogP contribution < -0.4 is 5.32 Å². The molecule has 37 heavy (non-hydrogen) atoms. The molecule has 5 rings (SSSR count). The molecule has 3 aliphatic heterocycles. The van der Waals surface area contributed by atoms with Crippen LogP contribution in [0.5, 0.6) is 0 Å². The fourth-order valence-electron chi connectivity index (χ4n) is 6.94. The topological polar surface area (TPSA) is 97.2 Å². The lowest BCUT2D eigenvalue weighted by Crippen LogP contribution is -2.35. The number of carboxylic acids is 1. The zero-order chi connectivity index (χ0) is 25.6. The predicted octanol–water partition coefficient (Wildman–Crippen LogP) is 4.70. The molecular formula is C30H42N2O5. The summed E-state index contributed by atoms with van der Waals surface area (Å²) in [6.45, 7) is 1.01. The van der Waals surface area contributed by atoms with Crippen molar-refractivity contribution in [3.05, 3.63) is 35.4 Å². The number of benzene rings is 1. The number of hydrogen-bond acceptors (Lipinski definition) is 5. The summed E-state index contributed by atoms with van der Waals surface area (Å²) in [4.78, 5) is 28.7. The molecule has 3 heterocycles. The average Bonchev–Trinajstić information content (AvgIpc) is 3.65. The molecular weight excluding hydrogens is 468 g/mol. The van der Waals surface area contributed by atoms with Crippen LogP contribution in [0.1, 0.15) is 81.8 Å². The van der Waals surface area contributed by atoms with Crippen LogP contribution in [-0.2, 0) is 31.9 Å². The van der Waals surface area contributed by atoms with Gasteiger partial charge in [0, 0.05) is 18.9 Å². The Morgan fingerprint density at radius 3 is 2.59 bits per heavy atom.